The van der Waals surface area contributed by atoms with Crippen molar-refractivity contribution in [3.05, 3.63) is 24.0 Å². The molecule has 6 saturated carbocycles. The molecule has 6 heteroatoms. The molecule has 12 aliphatic rings. The molecule has 0 spiro atoms. The minimum absolute atomic E-state index is 0.114. The summed E-state index contributed by atoms with van der Waals surface area (Å²) in [5.41, 5.74) is 0.758. The summed E-state index contributed by atoms with van der Waals surface area (Å²) in [5, 5.41) is 16.2. The van der Waals surface area contributed by atoms with Crippen molar-refractivity contribution in [2.75, 3.05) is 0 Å². The van der Waals surface area contributed by atoms with Crippen LogP contribution in [-0.4, -0.2) is 75.4 Å². The van der Waals surface area contributed by atoms with Crippen molar-refractivity contribution in [1.29, 1.82) is 5.26 Å². The Labute approximate surface area is 397 Å². The molecule has 0 bridgehead atoms. The number of likely N-dealkylation sites (tertiary alicyclic amines) is 2. The summed E-state index contributed by atoms with van der Waals surface area (Å²) in [5.74, 6) is 9.06. The van der Waals surface area contributed by atoms with Gasteiger partial charge in [-0.3, -0.25) is 20.0 Å². The van der Waals surface area contributed by atoms with E-state index in [1.165, 1.54) is 160 Å². The standard InChI is InChI=1S/C59H93N5O/c1-58(2,3)38-25-28-50-45(32-38)46-33-39(59(4,5)6)26-29-51(46)64(50)53-34-52(63-48-21-13-10-18-41(48)42-19-11-14-22-49(42)63)37(35-60)30-47(53)57-61-56(62(57)40-16-8-7-9-17-40)36-24-27-44-43-20-12-15-23-54(43)65-55(44)31-36/h13,21,23,36-53,55-57,61H,7-12,14-20,22,24-34H2,1-6H3. The monoisotopic (exact) mass is 888 g/mol. The lowest BCUT2D eigenvalue weighted by atomic mass is 9.61. The molecule has 0 aromatic rings. The number of nitrogens with one attached hydrogen (secondary N) is 1. The summed E-state index contributed by atoms with van der Waals surface area (Å²) >= 11 is 0. The van der Waals surface area contributed by atoms with E-state index in [-0.39, 0.29) is 5.92 Å². The highest BCUT2D eigenvalue weighted by Crippen LogP contribution is 2.60. The van der Waals surface area contributed by atoms with E-state index < -0.39 is 0 Å². The molecule has 20 unspecified atom stereocenters. The number of rotatable bonds is 5. The van der Waals surface area contributed by atoms with Gasteiger partial charge in [0, 0.05) is 60.0 Å². The van der Waals surface area contributed by atoms with Crippen LogP contribution in [0.15, 0.2) is 24.0 Å². The number of nitriles is 1. The maximum absolute atomic E-state index is 11.6. The van der Waals surface area contributed by atoms with Crippen LogP contribution in [0.4, 0.5) is 0 Å². The van der Waals surface area contributed by atoms with Gasteiger partial charge in [0.25, 0.3) is 0 Å². The summed E-state index contributed by atoms with van der Waals surface area (Å²) in [6.45, 7) is 15.3. The van der Waals surface area contributed by atoms with E-state index in [4.69, 9.17) is 4.74 Å². The van der Waals surface area contributed by atoms with E-state index in [0.29, 0.717) is 89.3 Å². The molecular weight excluding hydrogens is 795 g/mol. The molecule has 4 heterocycles. The smallest absolute Gasteiger partial charge is 0.102 e. The summed E-state index contributed by atoms with van der Waals surface area (Å²) in [7, 11) is 0. The van der Waals surface area contributed by atoms with Crippen molar-refractivity contribution in [3.63, 3.8) is 0 Å². The van der Waals surface area contributed by atoms with Gasteiger partial charge in [0.05, 0.1) is 30.1 Å². The third kappa shape index (κ3) is 7.72. The lowest BCUT2D eigenvalue weighted by Gasteiger charge is -2.63. The van der Waals surface area contributed by atoms with Crippen molar-refractivity contribution in [3.8, 4) is 6.07 Å². The van der Waals surface area contributed by atoms with Gasteiger partial charge in [-0.1, -0.05) is 85.8 Å². The van der Waals surface area contributed by atoms with E-state index in [9.17, 15) is 5.26 Å². The topological polar surface area (TPSA) is 54.8 Å². The van der Waals surface area contributed by atoms with Crippen LogP contribution in [0.5, 0.6) is 0 Å². The first-order valence-electron chi connectivity index (χ1n) is 29.0. The maximum Gasteiger partial charge on any atom is 0.102 e. The van der Waals surface area contributed by atoms with Crippen molar-refractivity contribution < 1.29 is 4.74 Å². The van der Waals surface area contributed by atoms with E-state index in [0.717, 1.165) is 47.8 Å². The van der Waals surface area contributed by atoms with Crippen LogP contribution in [0.2, 0.25) is 0 Å². The molecule has 0 aromatic carbocycles. The van der Waals surface area contributed by atoms with Gasteiger partial charge in [0.1, 0.15) is 6.10 Å². The average Bonchev–Trinajstić information content (AvgIpc) is 3.95. The Kier molecular flexibility index (Phi) is 12.0. The fourth-order valence-corrected chi connectivity index (χ4v) is 19.7. The van der Waals surface area contributed by atoms with Gasteiger partial charge in [0.2, 0.25) is 0 Å². The van der Waals surface area contributed by atoms with E-state index in [2.05, 4.69) is 85.9 Å². The predicted octanol–water partition coefficient (Wildman–Crippen LogP) is 12.8. The van der Waals surface area contributed by atoms with Gasteiger partial charge >= 0.3 is 0 Å². The predicted molar refractivity (Wildman–Crippen MR) is 263 cm³/mol. The molecule has 6 nitrogen and oxygen atoms in total. The number of ether oxygens (including phenoxy) is 1. The van der Waals surface area contributed by atoms with Gasteiger partial charge in [-0.15, -0.1) is 0 Å². The first kappa shape index (κ1) is 44.8. The minimum Gasteiger partial charge on any atom is -0.494 e. The van der Waals surface area contributed by atoms with E-state index >= 15 is 0 Å². The molecule has 4 saturated heterocycles. The number of fused-ring (bicyclic) bond motifs is 9. The third-order valence-electron chi connectivity index (χ3n) is 22.8. The molecule has 360 valence electrons. The lowest BCUT2D eigenvalue weighted by Crippen LogP contribution is -2.79. The molecule has 8 aliphatic carbocycles. The van der Waals surface area contributed by atoms with Crippen LogP contribution < -0.4 is 5.32 Å². The second kappa shape index (κ2) is 17.5. The number of nitrogens with zero attached hydrogens (tertiary/aromatic N) is 4. The van der Waals surface area contributed by atoms with Crippen molar-refractivity contribution >= 4 is 0 Å². The molecule has 12 rings (SSSR count). The fourth-order valence-electron chi connectivity index (χ4n) is 19.7. The molecular formula is C59H93N5O. The zero-order valence-corrected chi connectivity index (χ0v) is 42.2. The van der Waals surface area contributed by atoms with Crippen molar-refractivity contribution in [2.45, 2.75) is 263 Å². The van der Waals surface area contributed by atoms with Crippen LogP contribution in [0.1, 0.15) is 202 Å². The molecule has 20 atom stereocenters. The Balaban J connectivity index is 0.909. The largest absolute Gasteiger partial charge is 0.494 e. The summed E-state index contributed by atoms with van der Waals surface area (Å²) < 4.78 is 6.91. The Hall–Kier alpha value is -1.39. The normalized spacial score (nSPS) is 49.5. The first-order valence-corrected chi connectivity index (χ1v) is 29.0. The highest BCUT2D eigenvalue weighted by molar-refractivity contribution is 5.20. The molecule has 65 heavy (non-hydrogen) atoms. The Morgan fingerprint density at radius 1 is 0.554 bits per heavy atom. The Morgan fingerprint density at radius 2 is 1.26 bits per heavy atom. The number of allylic oxidation sites excluding steroid dienone is 3. The van der Waals surface area contributed by atoms with Gasteiger partial charge in [0.15, 0.2) is 0 Å². The highest BCUT2D eigenvalue weighted by atomic mass is 16.5. The van der Waals surface area contributed by atoms with Crippen molar-refractivity contribution in [2.24, 2.45) is 75.9 Å². The number of hydrogen-bond acceptors (Lipinski definition) is 6. The van der Waals surface area contributed by atoms with E-state index in [1.54, 1.807) is 0 Å². The van der Waals surface area contributed by atoms with Crippen LogP contribution in [0.25, 0.3) is 0 Å². The lowest BCUT2D eigenvalue weighted by molar-refractivity contribution is -0.163. The van der Waals surface area contributed by atoms with Crippen LogP contribution >= 0.6 is 0 Å². The van der Waals surface area contributed by atoms with Crippen molar-refractivity contribution in [1.82, 2.24) is 20.0 Å². The molecule has 0 radical (unpaired) electrons. The molecule has 10 fully saturated rings. The minimum atomic E-state index is 0.114. The molecule has 0 amide bonds. The summed E-state index contributed by atoms with van der Waals surface area (Å²) in [6.07, 6.45) is 42.8. The average molecular weight is 888 g/mol. The Bertz CT molecular complexity index is 1780. The second-order valence-corrected chi connectivity index (χ2v) is 27.6. The molecule has 1 N–H and O–H groups in total. The molecule has 4 aliphatic heterocycles. The SMILES string of the molecule is CC(C)(C)C1CCC2C(C1)C1CC(C(C)(C)C)CCC1N2C1CC(N2C3C=CCCC3C3CCCCC32)C(C#N)CC1C1NC(C2CCC3C(C2)OC2=CCCCC23)N1C1CCCCC1. The third-order valence-corrected chi connectivity index (χ3v) is 22.8. The highest BCUT2D eigenvalue weighted by Gasteiger charge is 2.63. The zero-order valence-electron chi connectivity index (χ0n) is 42.2. The summed E-state index contributed by atoms with van der Waals surface area (Å²) in [4.78, 5) is 9.66. The van der Waals surface area contributed by atoms with Gasteiger partial charge in [-0.2, -0.15) is 5.26 Å². The quantitative estimate of drug-likeness (QED) is 0.278. The van der Waals surface area contributed by atoms with Crippen LogP contribution in [-0.2, 0) is 4.74 Å². The summed E-state index contributed by atoms with van der Waals surface area (Å²) in [6, 6.07) is 7.46. The van der Waals surface area contributed by atoms with Crippen LogP contribution in [0.3, 0.4) is 0 Å². The zero-order chi connectivity index (χ0) is 44.4. The fraction of sp³-hybridized carbons (Fsp3) is 0.915. The van der Waals surface area contributed by atoms with Crippen LogP contribution in [0, 0.1) is 87.3 Å². The molecule has 0 aromatic heterocycles. The van der Waals surface area contributed by atoms with Gasteiger partial charge < -0.3 is 4.74 Å². The van der Waals surface area contributed by atoms with Gasteiger partial charge in [-0.05, 0) is 187 Å². The number of hydrogen-bond donors (Lipinski definition) is 1. The van der Waals surface area contributed by atoms with E-state index in [1.807, 2.05) is 0 Å². The van der Waals surface area contributed by atoms with Gasteiger partial charge in [-0.25, -0.2) is 0 Å². The first-order chi connectivity index (χ1) is 31.5. The second-order valence-electron chi connectivity index (χ2n) is 27.6. The Morgan fingerprint density at radius 3 is 1.98 bits per heavy atom. The maximum atomic E-state index is 11.6.